The third-order valence-electron chi connectivity index (χ3n) is 9.83. The van der Waals surface area contributed by atoms with Crippen molar-refractivity contribution in [3.63, 3.8) is 0 Å². The Kier molecular flexibility index (Phi) is 7.61. The lowest BCUT2D eigenvalue weighted by molar-refractivity contribution is 1.58. The first-order valence-electron chi connectivity index (χ1n) is 17.3. The van der Waals surface area contributed by atoms with E-state index in [2.05, 4.69) is 206 Å². The summed E-state index contributed by atoms with van der Waals surface area (Å²) >= 11 is 0. The first kappa shape index (κ1) is 29.6. The van der Waals surface area contributed by atoms with E-state index in [4.69, 9.17) is 0 Å². The van der Waals surface area contributed by atoms with E-state index in [9.17, 15) is 0 Å². The van der Waals surface area contributed by atoms with Crippen molar-refractivity contribution in [3.8, 4) is 66.8 Å². The number of hydrogen-bond acceptors (Lipinski definition) is 0. The van der Waals surface area contributed by atoms with Crippen molar-refractivity contribution in [3.05, 3.63) is 206 Å². The number of fused-ring (bicyclic) bond motifs is 2. The Balaban J connectivity index is 1.43. The van der Waals surface area contributed by atoms with Crippen molar-refractivity contribution in [2.75, 3.05) is 0 Å². The van der Waals surface area contributed by atoms with E-state index in [1.165, 1.54) is 88.3 Å². The summed E-state index contributed by atoms with van der Waals surface area (Å²) in [6.07, 6.45) is 0. The summed E-state index contributed by atoms with van der Waals surface area (Å²) < 4.78 is 0. The predicted octanol–water partition coefficient (Wildman–Crippen LogP) is 14.0. The van der Waals surface area contributed by atoms with Crippen LogP contribution in [-0.4, -0.2) is 0 Å². The Morgan fingerprint density at radius 1 is 0.160 bits per heavy atom. The topological polar surface area (TPSA) is 0 Å². The molecular weight excluding hydrogens is 601 g/mol. The SMILES string of the molecule is c1ccc(-c2cc(-c3ccccc3)cc(-c3c4ccc(-c5ccccc5)cc4c(-c4ccccc4)c4ccc(-c5ccccc5)cc34)c2)cc1. The van der Waals surface area contributed by atoms with E-state index < -0.39 is 0 Å². The lowest BCUT2D eigenvalue weighted by Gasteiger charge is -2.21. The summed E-state index contributed by atoms with van der Waals surface area (Å²) in [4.78, 5) is 0. The molecule has 0 unspecified atom stereocenters. The van der Waals surface area contributed by atoms with E-state index in [0.29, 0.717) is 0 Å². The summed E-state index contributed by atoms with van der Waals surface area (Å²) in [5.74, 6) is 0. The maximum absolute atomic E-state index is 2.41. The Labute approximate surface area is 293 Å². The van der Waals surface area contributed by atoms with Crippen LogP contribution in [0.4, 0.5) is 0 Å². The zero-order chi connectivity index (χ0) is 33.3. The molecule has 234 valence electrons. The molecule has 0 amide bonds. The van der Waals surface area contributed by atoms with Gasteiger partial charge in [0.2, 0.25) is 0 Å². The van der Waals surface area contributed by atoms with Crippen LogP contribution in [0.2, 0.25) is 0 Å². The predicted molar refractivity (Wildman–Crippen MR) is 214 cm³/mol. The molecule has 0 aliphatic rings. The first-order chi connectivity index (χ1) is 24.8. The molecule has 0 saturated carbocycles. The van der Waals surface area contributed by atoms with Gasteiger partial charge in [0.25, 0.3) is 0 Å². The molecule has 0 saturated heterocycles. The highest BCUT2D eigenvalue weighted by atomic mass is 14.2. The van der Waals surface area contributed by atoms with E-state index >= 15 is 0 Å². The van der Waals surface area contributed by atoms with Crippen LogP contribution < -0.4 is 0 Å². The summed E-state index contributed by atoms with van der Waals surface area (Å²) in [6, 6.07) is 75.1. The zero-order valence-corrected chi connectivity index (χ0v) is 27.6. The monoisotopic (exact) mass is 634 g/mol. The lowest BCUT2D eigenvalue weighted by atomic mass is 9.82. The van der Waals surface area contributed by atoms with Crippen LogP contribution >= 0.6 is 0 Å². The van der Waals surface area contributed by atoms with Crippen LogP contribution in [0.1, 0.15) is 0 Å². The van der Waals surface area contributed by atoms with Gasteiger partial charge in [0, 0.05) is 0 Å². The maximum atomic E-state index is 2.41. The molecule has 0 aromatic heterocycles. The number of rotatable bonds is 6. The highest BCUT2D eigenvalue weighted by Gasteiger charge is 2.20. The van der Waals surface area contributed by atoms with Crippen molar-refractivity contribution in [1.29, 1.82) is 0 Å². The molecular formula is C50H34. The molecule has 50 heavy (non-hydrogen) atoms. The fourth-order valence-corrected chi connectivity index (χ4v) is 7.44. The van der Waals surface area contributed by atoms with Crippen LogP contribution in [0.5, 0.6) is 0 Å². The molecule has 0 N–H and O–H groups in total. The van der Waals surface area contributed by atoms with Gasteiger partial charge in [0.1, 0.15) is 0 Å². The number of hydrogen-bond donors (Lipinski definition) is 0. The highest BCUT2D eigenvalue weighted by molar-refractivity contribution is 6.22. The molecule has 9 aromatic carbocycles. The first-order valence-corrected chi connectivity index (χ1v) is 17.3. The molecule has 0 fully saturated rings. The molecule has 0 aliphatic heterocycles. The summed E-state index contributed by atoms with van der Waals surface area (Å²) in [5, 5.41) is 4.98. The molecule has 9 rings (SSSR count). The average Bonchev–Trinajstić information content (AvgIpc) is 3.21. The minimum absolute atomic E-state index is 1.20. The van der Waals surface area contributed by atoms with Crippen LogP contribution in [-0.2, 0) is 0 Å². The molecule has 0 spiro atoms. The van der Waals surface area contributed by atoms with Gasteiger partial charge in [-0.2, -0.15) is 0 Å². The van der Waals surface area contributed by atoms with Crippen LogP contribution in [0.15, 0.2) is 206 Å². The second-order valence-corrected chi connectivity index (χ2v) is 12.9. The summed E-state index contributed by atoms with van der Waals surface area (Å²) in [7, 11) is 0. The minimum atomic E-state index is 1.20. The molecule has 0 radical (unpaired) electrons. The van der Waals surface area contributed by atoms with Gasteiger partial charge in [-0.05, 0) is 119 Å². The Hall–Kier alpha value is -6.50. The van der Waals surface area contributed by atoms with Crippen LogP contribution in [0, 0.1) is 0 Å². The van der Waals surface area contributed by atoms with Crippen molar-refractivity contribution < 1.29 is 0 Å². The van der Waals surface area contributed by atoms with Crippen molar-refractivity contribution in [1.82, 2.24) is 0 Å². The second kappa shape index (κ2) is 12.8. The fraction of sp³-hybridized carbons (Fsp3) is 0. The summed E-state index contributed by atoms with van der Waals surface area (Å²) in [6.45, 7) is 0. The standard InChI is InChI=1S/C50H34/c1-6-16-35(17-7-1)40-27-29-46-47(33-40)49(39-24-14-5-15-25-39)45-28-26-41(36-18-8-2-9-19-36)34-48(45)50(46)44-31-42(37-20-10-3-11-21-37)30-43(32-44)38-22-12-4-13-23-38/h1-34H. The highest BCUT2D eigenvalue weighted by Crippen LogP contribution is 2.47. The van der Waals surface area contributed by atoms with Gasteiger partial charge in [-0.15, -0.1) is 0 Å². The smallest absolute Gasteiger partial charge is 0.00257 e. The van der Waals surface area contributed by atoms with E-state index in [1.54, 1.807) is 0 Å². The maximum Gasteiger partial charge on any atom is -0.00257 e. The lowest BCUT2D eigenvalue weighted by Crippen LogP contribution is -1.94. The minimum Gasteiger partial charge on any atom is -0.0622 e. The van der Waals surface area contributed by atoms with Gasteiger partial charge in [-0.25, -0.2) is 0 Å². The van der Waals surface area contributed by atoms with Gasteiger partial charge in [-0.3, -0.25) is 0 Å². The molecule has 0 heterocycles. The second-order valence-electron chi connectivity index (χ2n) is 12.9. The third kappa shape index (κ3) is 5.48. The van der Waals surface area contributed by atoms with Gasteiger partial charge in [-0.1, -0.05) is 176 Å². The average molecular weight is 635 g/mol. The molecule has 0 heteroatoms. The molecule has 0 bridgehead atoms. The van der Waals surface area contributed by atoms with Gasteiger partial charge in [0.05, 0.1) is 0 Å². The van der Waals surface area contributed by atoms with Gasteiger partial charge in [0.15, 0.2) is 0 Å². The van der Waals surface area contributed by atoms with E-state index in [1.807, 2.05) is 0 Å². The summed E-state index contributed by atoms with van der Waals surface area (Å²) in [5.41, 5.74) is 14.6. The van der Waals surface area contributed by atoms with Crippen molar-refractivity contribution >= 4 is 21.5 Å². The van der Waals surface area contributed by atoms with Crippen molar-refractivity contribution in [2.24, 2.45) is 0 Å². The fourth-order valence-electron chi connectivity index (χ4n) is 7.44. The van der Waals surface area contributed by atoms with E-state index in [0.717, 1.165) is 0 Å². The largest absolute Gasteiger partial charge is 0.0622 e. The van der Waals surface area contributed by atoms with Gasteiger partial charge < -0.3 is 0 Å². The van der Waals surface area contributed by atoms with Gasteiger partial charge >= 0.3 is 0 Å². The number of benzene rings is 9. The third-order valence-corrected chi connectivity index (χ3v) is 9.83. The van der Waals surface area contributed by atoms with Crippen LogP contribution in [0.3, 0.4) is 0 Å². The quantitative estimate of drug-likeness (QED) is 0.160. The molecule has 0 aliphatic carbocycles. The zero-order valence-electron chi connectivity index (χ0n) is 27.6. The Morgan fingerprint density at radius 3 is 0.840 bits per heavy atom. The van der Waals surface area contributed by atoms with E-state index in [-0.39, 0.29) is 0 Å². The van der Waals surface area contributed by atoms with Crippen LogP contribution in [0.25, 0.3) is 88.3 Å². The normalized spacial score (nSPS) is 11.2. The molecule has 0 atom stereocenters. The Bertz CT molecular complexity index is 2530. The Morgan fingerprint density at radius 2 is 0.460 bits per heavy atom. The molecule has 9 aromatic rings. The van der Waals surface area contributed by atoms with Crippen molar-refractivity contribution in [2.45, 2.75) is 0 Å². The molecule has 0 nitrogen and oxygen atoms in total.